The second-order valence-corrected chi connectivity index (χ2v) is 6.25. The lowest BCUT2D eigenvalue weighted by molar-refractivity contribution is -0.118. The first-order chi connectivity index (χ1) is 11.1. The lowest BCUT2D eigenvalue weighted by atomic mass is 10.1. The molecule has 0 spiro atoms. The lowest BCUT2D eigenvalue weighted by Gasteiger charge is -2.22. The van der Waals surface area contributed by atoms with Gasteiger partial charge in [-0.25, -0.2) is 0 Å². The second-order valence-electron chi connectivity index (χ2n) is 6.25. The number of aryl methyl sites for hydroxylation is 2. The lowest BCUT2D eigenvalue weighted by Crippen LogP contribution is -2.35. The first-order valence-electron chi connectivity index (χ1n) is 8.13. The van der Waals surface area contributed by atoms with E-state index in [0.717, 1.165) is 29.8 Å². The van der Waals surface area contributed by atoms with Gasteiger partial charge in [0.15, 0.2) is 0 Å². The Labute approximate surface area is 137 Å². The molecule has 3 rings (SSSR count). The first kappa shape index (κ1) is 15.6. The van der Waals surface area contributed by atoms with Gasteiger partial charge in [-0.05, 0) is 55.5 Å². The van der Waals surface area contributed by atoms with Crippen molar-refractivity contribution in [3.63, 3.8) is 0 Å². The van der Waals surface area contributed by atoms with Gasteiger partial charge >= 0.3 is 0 Å². The molecule has 0 aromatic heterocycles. The number of fused-ring (bicyclic) bond motifs is 1. The fourth-order valence-electron chi connectivity index (χ4n) is 3.41. The summed E-state index contributed by atoms with van der Waals surface area (Å²) in [5.41, 5.74) is 4.64. The quantitative estimate of drug-likeness (QED) is 0.857. The molecular formula is C20H23NO2. The number of hydrogen-bond donors (Lipinski definition) is 0. The Hall–Kier alpha value is -2.29. The van der Waals surface area contributed by atoms with Crippen molar-refractivity contribution in [2.75, 3.05) is 12.0 Å². The molecule has 120 valence electrons. The minimum absolute atomic E-state index is 0.205. The van der Waals surface area contributed by atoms with Crippen LogP contribution >= 0.6 is 0 Å². The molecule has 0 radical (unpaired) electrons. The predicted molar refractivity (Wildman–Crippen MR) is 93.1 cm³/mol. The third kappa shape index (κ3) is 3.09. The van der Waals surface area contributed by atoms with Crippen LogP contribution in [-0.4, -0.2) is 19.1 Å². The van der Waals surface area contributed by atoms with Crippen molar-refractivity contribution in [2.45, 2.75) is 39.2 Å². The zero-order chi connectivity index (χ0) is 16.4. The molecule has 0 saturated heterocycles. The van der Waals surface area contributed by atoms with E-state index >= 15 is 0 Å². The minimum Gasteiger partial charge on any atom is -0.496 e. The van der Waals surface area contributed by atoms with Crippen LogP contribution < -0.4 is 9.64 Å². The SMILES string of the molecule is COc1ccc(CCC(=O)N2c3ccccc3C[C@H]2C)cc1C. The van der Waals surface area contributed by atoms with Crippen LogP contribution in [0.1, 0.15) is 30.0 Å². The Balaban J connectivity index is 1.69. The molecule has 2 aromatic rings. The van der Waals surface area contributed by atoms with Crippen LogP contribution in [0.5, 0.6) is 5.75 Å². The standard InChI is InChI=1S/C20H23NO2/c1-14-12-16(8-10-19(14)23-3)9-11-20(22)21-15(2)13-17-6-4-5-7-18(17)21/h4-8,10,12,15H,9,11,13H2,1-3H3/t15-/m1/s1. The average molecular weight is 309 g/mol. The van der Waals surface area contributed by atoms with E-state index in [9.17, 15) is 4.79 Å². The van der Waals surface area contributed by atoms with Crippen LogP contribution in [0.25, 0.3) is 0 Å². The fraction of sp³-hybridized carbons (Fsp3) is 0.350. The van der Waals surface area contributed by atoms with E-state index in [0.29, 0.717) is 6.42 Å². The molecule has 0 N–H and O–H groups in total. The van der Waals surface area contributed by atoms with Gasteiger partial charge in [0.05, 0.1) is 7.11 Å². The Morgan fingerprint density at radius 1 is 1.26 bits per heavy atom. The molecule has 2 aromatic carbocycles. The van der Waals surface area contributed by atoms with E-state index < -0.39 is 0 Å². The molecule has 1 aliphatic rings. The number of nitrogens with zero attached hydrogens (tertiary/aromatic N) is 1. The molecule has 0 fully saturated rings. The summed E-state index contributed by atoms with van der Waals surface area (Å²) in [6.45, 7) is 4.15. The predicted octanol–water partition coefficient (Wildman–Crippen LogP) is 3.91. The third-order valence-electron chi connectivity index (χ3n) is 4.56. The molecule has 0 saturated carbocycles. The Kier molecular flexibility index (Phi) is 4.37. The highest BCUT2D eigenvalue weighted by Gasteiger charge is 2.29. The maximum Gasteiger partial charge on any atom is 0.227 e. The molecule has 1 amide bonds. The highest BCUT2D eigenvalue weighted by molar-refractivity contribution is 5.96. The molecule has 0 unspecified atom stereocenters. The zero-order valence-corrected chi connectivity index (χ0v) is 14.0. The number of hydrogen-bond acceptors (Lipinski definition) is 2. The van der Waals surface area contributed by atoms with E-state index in [1.165, 1.54) is 11.1 Å². The van der Waals surface area contributed by atoms with Gasteiger partial charge in [0, 0.05) is 18.2 Å². The summed E-state index contributed by atoms with van der Waals surface area (Å²) in [5.74, 6) is 1.10. The smallest absolute Gasteiger partial charge is 0.227 e. The van der Waals surface area contributed by atoms with Gasteiger partial charge in [-0.15, -0.1) is 0 Å². The van der Waals surface area contributed by atoms with Crippen LogP contribution in [0, 0.1) is 6.92 Å². The summed E-state index contributed by atoms with van der Waals surface area (Å²) in [6.07, 6.45) is 2.24. The zero-order valence-electron chi connectivity index (χ0n) is 14.0. The van der Waals surface area contributed by atoms with Gasteiger partial charge in [-0.1, -0.05) is 30.3 Å². The van der Waals surface area contributed by atoms with Crippen LogP contribution in [0.3, 0.4) is 0 Å². The van der Waals surface area contributed by atoms with Crippen LogP contribution in [0.2, 0.25) is 0 Å². The molecule has 3 nitrogen and oxygen atoms in total. The van der Waals surface area contributed by atoms with E-state index in [2.05, 4.69) is 19.1 Å². The van der Waals surface area contributed by atoms with E-state index in [-0.39, 0.29) is 11.9 Å². The summed E-state index contributed by atoms with van der Waals surface area (Å²) >= 11 is 0. The minimum atomic E-state index is 0.205. The molecule has 0 aliphatic carbocycles. The normalized spacial score (nSPS) is 16.3. The monoisotopic (exact) mass is 309 g/mol. The molecule has 1 aliphatic heterocycles. The topological polar surface area (TPSA) is 29.5 Å². The van der Waals surface area contributed by atoms with Crippen LogP contribution in [0.4, 0.5) is 5.69 Å². The van der Waals surface area contributed by atoms with Crippen molar-refractivity contribution in [3.05, 3.63) is 59.2 Å². The van der Waals surface area contributed by atoms with Crippen molar-refractivity contribution in [1.82, 2.24) is 0 Å². The number of amides is 1. The second kappa shape index (κ2) is 6.45. The number of anilines is 1. The Bertz CT molecular complexity index is 723. The van der Waals surface area contributed by atoms with Crippen molar-refractivity contribution < 1.29 is 9.53 Å². The Morgan fingerprint density at radius 3 is 2.78 bits per heavy atom. The number of ether oxygens (including phenoxy) is 1. The largest absolute Gasteiger partial charge is 0.496 e. The van der Waals surface area contributed by atoms with Crippen molar-refractivity contribution in [3.8, 4) is 5.75 Å². The fourth-order valence-corrected chi connectivity index (χ4v) is 3.41. The number of benzene rings is 2. The number of carbonyl (C=O) groups excluding carboxylic acids is 1. The Morgan fingerprint density at radius 2 is 2.04 bits per heavy atom. The van der Waals surface area contributed by atoms with Crippen molar-refractivity contribution >= 4 is 11.6 Å². The number of methoxy groups -OCH3 is 1. The highest BCUT2D eigenvalue weighted by atomic mass is 16.5. The molecular weight excluding hydrogens is 286 g/mol. The summed E-state index contributed by atoms with van der Waals surface area (Å²) < 4.78 is 5.28. The molecule has 1 heterocycles. The van der Waals surface area contributed by atoms with Gasteiger partial charge in [-0.3, -0.25) is 4.79 Å². The summed E-state index contributed by atoms with van der Waals surface area (Å²) in [5, 5.41) is 0. The van der Waals surface area contributed by atoms with E-state index in [1.54, 1.807) is 7.11 Å². The molecule has 23 heavy (non-hydrogen) atoms. The highest BCUT2D eigenvalue weighted by Crippen LogP contribution is 2.32. The molecule has 0 bridgehead atoms. The van der Waals surface area contributed by atoms with Crippen molar-refractivity contribution in [1.29, 1.82) is 0 Å². The molecule has 1 atom stereocenters. The maximum absolute atomic E-state index is 12.7. The van der Waals surface area contributed by atoms with Gasteiger partial charge < -0.3 is 9.64 Å². The number of para-hydroxylation sites is 1. The maximum atomic E-state index is 12.7. The third-order valence-corrected chi connectivity index (χ3v) is 4.56. The molecule has 3 heteroatoms. The van der Waals surface area contributed by atoms with Gasteiger partial charge in [0.2, 0.25) is 5.91 Å². The summed E-state index contributed by atoms with van der Waals surface area (Å²) in [6, 6.07) is 14.6. The first-order valence-corrected chi connectivity index (χ1v) is 8.13. The average Bonchev–Trinajstić information content (AvgIpc) is 2.88. The van der Waals surface area contributed by atoms with Gasteiger partial charge in [0.25, 0.3) is 0 Å². The number of rotatable bonds is 4. The van der Waals surface area contributed by atoms with Gasteiger partial charge in [-0.2, -0.15) is 0 Å². The van der Waals surface area contributed by atoms with E-state index in [1.807, 2.05) is 42.2 Å². The van der Waals surface area contributed by atoms with Crippen molar-refractivity contribution in [2.24, 2.45) is 0 Å². The number of carbonyl (C=O) groups is 1. The summed E-state index contributed by atoms with van der Waals surface area (Å²) in [4.78, 5) is 14.7. The van der Waals surface area contributed by atoms with E-state index in [4.69, 9.17) is 4.74 Å². The summed E-state index contributed by atoms with van der Waals surface area (Å²) in [7, 11) is 1.68. The van der Waals surface area contributed by atoms with Crippen LogP contribution in [-0.2, 0) is 17.6 Å². The van der Waals surface area contributed by atoms with Crippen LogP contribution in [0.15, 0.2) is 42.5 Å². The van der Waals surface area contributed by atoms with Gasteiger partial charge in [0.1, 0.15) is 5.75 Å².